The summed E-state index contributed by atoms with van der Waals surface area (Å²) in [5.41, 5.74) is 0. The van der Waals surface area contributed by atoms with Gasteiger partial charge >= 0.3 is 23.8 Å². The van der Waals surface area contributed by atoms with E-state index in [4.69, 9.17) is 5.11 Å². The Hall–Kier alpha value is -1.92. The highest BCUT2D eigenvalue weighted by Gasteiger charge is 2.46. The minimum atomic E-state index is -1.34. The first-order valence-electron chi connectivity index (χ1n) is 3.76. The van der Waals surface area contributed by atoms with Crippen molar-refractivity contribution in [2.45, 2.75) is 13.0 Å². The van der Waals surface area contributed by atoms with E-state index in [9.17, 15) is 19.2 Å². The molecule has 7 nitrogen and oxygen atoms in total. The van der Waals surface area contributed by atoms with Crippen LogP contribution in [0.25, 0.3) is 0 Å². The molecular formula is C7H8N2O5. The Labute approximate surface area is 78.9 Å². The number of aliphatic carboxylic acids is 1. The van der Waals surface area contributed by atoms with Crippen molar-refractivity contribution in [1.29, 1.82) is 0 Å². The molecule has 1 heterocycles. The van der Waals surface area contributed by atoms with Crippen LogP contribution in [0.15, 0.2) is 0 Å². The number of carbonyl (C=O) groups excluding carboxylic acids is 3. The monoisotopic (exact) mass is 200 g/mol. The van der Waals surface area contributed by atoms with Crippen molar-refractivity contribution in [2.75, 3.05) is 7.05 Å². The quantitative estimate of drug-likeness (QED) is 0.450. The molecule has 0 aromatic heterocycles. The summed E-state index contributed by atoms with van der Waals surface area (Å²) in [4.78, 5) is 44.8. The van der Waals surface area contributed by atoms with Gasteiger partial charge in [-0.1, -0.05) is 0 Å². The normalized spacial score (nSPS) is 19.1. The smallest absolute Gasteiger partial charge is 0.334 e. The van der Waals surface area contributed by atoms with Gasteiger partial charge < -0.3 is 5.11 Å². The molecule has 1 unspecified atom stereocenters. The maximum absolute atomic E-state index is 11.2. The van der Waals surface area contributed by atoms with Crippen LogP contribution < -0.4 is 0 Å². The highest BCUT2D eigenvalue weighted by atomic mass is 16.4. The molecule has 1 rings (SSSR count). The summed E-state index contributed by atoms with van der Waals surface area (Å²) in [6.07, 6.45) is 0. The zero-order valence-electron chi connectivity index (χ0n) is 7.55. The second-order valence-corrected chi connectivity index (χ2v) is 2.84. The van der Waals surface area contributed by atoms with Crippen LogP contribution in [0.5, 0.6) is 0 Å². The fourth-order valence-corrected chi connectivity index (χ4v) is 1.03. The molecule has 0 saturated carbocycles. The fraction of sp³-hybridized carbons (Fsp3) is 0.429. The third-order valence-corrected chi connectivity index (χ3v) is 1.94. The van der Waals surface area contributed by atoms with Crippen LogP contribution in [-0.4, -0.2) is 51.8 Å². The van der Waals surface area contributed by atoms with Gasteiger partial charge in [-0.15, -0.1) is 0 Å². The molecule has 1 aliphatic heterocycles. The Morgan fingerprint density at radius 2 is 1.79 bits per heavy atom. The van der Waals surface area contributed by atoms with Gasteiger partial charge in [-0.3, -0.25) is 14.5 Å². The summed E-state index contributed by atoms with van der Waals surface area (Å²) in [7, 11) is 1.12. The molecular weight excluding hydrogens is 192 g/mol. The molecule has 0 aromatic rings. The van der Waals surface area contributed by atoms with Crippen molar-refractivity contribution < 1.29 is 24.3 Å². The Bertz CT molecular complexity index is 337. The molecule has 14 heavy (non-hydrogen) atoms. The van der Waals surface area contributed by atoms with E-state index in [1.165, 1.54) is 0 Å². The largest absolute Gasteiger partial charge is 0.480 e. The van der Waals surface area contributed by atoms with E-state index in [0.29, 0.717) is 9.80 Å². The molecule has 4 amide bonds. The first kappa shape index (κ1) is 10.2. The second-order valence-electron chi connectivity index (χ2n) is 2.84. The zero-order chi connectivity index (χ0) is 11.0. The molecule has 1 saturated heterocycles. The van der Waals surface area contributed by atoms with Crippen LogP contribution in [0.2, 0.25) is 0 Å². The van der Waals surface area contributed by atoms with E-state index in [1.54, 1.807) is 0 Å². The predicted molar refractivity (Wildman–Crippen MR) is 42.1 cm³/mol. The van der Waals surface area contributed by atoms with Crippen molar-refractivity contribution in [1.82, 2.24) is 9.80 Å². The molecule has 0 radical (unpaired) electrons. The molecule has 7 heteroatoms. The summed E-state index contributed by atoms with van der Waals surface area (Å²) < 4.78 is 0. The first-order valence-corrected chi connectivity index (χ1v) is 3.76. The summed E-state index contributed by atoms with van der Waals surface area (Å²) in [6.45, 7) is 1.16. The molecule has 1 atom stereocenters. The average molecular weight is 200 g/mol. The number of likely N-dealkylation sites (N-methyl/N-ethyl adjacent to an activating group) is 1. The molecule has 0 spiro atoms. The standard InChI is InChI=1S/C7H8N2O5/c1-3(6(12)13)9-5(11)4(10)8(2)7(9)14/h3H,1-2H3,(H,12,13). The number of rotatable bonds is 2. The third-order valence-electron chi connectivity index (χ3n) is 1.94. The maximum Gasteiger partial charge on any atom is 0.334 e. The Balaban J connectivity index is 3.02. The van der Waals surface area contributed by atoms with Crippen molar-refractivity contribution in [3.05, 3.63) is 0 Å². The lowest BCUT2D eigenvalue weighted by Gasteiger charge is -2.16. The average Bonchev–Trinajstić information content (AvgIpc) is 2.30. The minimum Gasteiger partial charge on any atom is -0.480 e. The first-order chi connectivity index (χ1) is 6.37. The number of amides is 4. The Morgan fingerprint density at radius 3 is 2.07 bits per heavy atom. The van der Waals surface area contributed by atoms with Crippen molar-refractivity contribution >= 4 is 23.8 Å². The highest BCUT2D eigenvalue weighted by Crippen LogP contribution is 2.13. The lowest BCUT2D eigenvalue weighted by molar-refractivity contribution is -0.149. The van der Waals surface area contributed by atoms with Crippen LogP contribution in [0.1, 0.15) is 6.92 Å². The van der Waals surface area contributed by atoms with Crippen LogP contribution >= 0.6 is 0 Å². The van der Waals surface area contributed by atoms with Crippen LogP contribution in [0.3, 0.4) is 0 Å². The van der Waals surface area contributed by atoms with Gasteiger partial charge in [0.1, 0.15) is 6.04 Å². The Kier molecular flexibility index (Phi) is 2.24. The molecule has 1 aliphatic rings. The molecule has 0 bridgehead atoms. The van der Waals surface area contributed by atoms with Crippen LogP contribution in [0.4, 0.5) is 4.79 Å². The summed E-state index contributed by atoms with van der Waals surface area (Å²) in [5, 5.41) is 8.57. The molecule has 1 N–H and O–H groups in total. The number of nitrogens with zero attached hydrogens (tertiary/aromatic N) is 2. The van der Waals surface area contributed by atoms with Gasteiger partial charge in [0, 0.05) is 7.05 Å². The lowest BCUT2D eigenvalue weighted by atomic mass is 10.3. The van der Waals surface area contributed by atoms with Crippen LogP contribution in [0, 0.1) is 0 Å². The number of hydrogen-bond acceptors (Lipinski definition) is 4. The van der Waals surface area contributed by atoms with Gasteiger partial charge in [0.2, 0.25) is 0 Å². The topological polar surface area (TPSA) is 95.0 Å². The zero-order valence-corrected chi connectivity index (χ0v) is 7.55. The summed E-state index contributed by atoms with van der Waals surface area (Å²) >= 11 is 0. The second kappa shape index (κ2) is 3.09. The van der Waals surface area contributed by atoms with E-state index in [2.05, 4.69) is 0 Å². The van der Waals surface area contributed by atoms with Crippen LogP contribution in [-0.2, 0) is 14.4 Å². The number of imide groups is 2. The minimum absolute atomic E-state index is 0.421. The number of urea groups is 1. The molecule has 0 aromatic carbocycles. The van der Waals surface area contributed by atoms with E-state index in [-0.39, 0.29) is 0 Å². The Morgan fingerprint density at radius 1 is 1.29 bits per heavy atom. The van der Waals surface area contributed by atoms with Gasteiger partial charge in [0.15, 0.2) is 0 Å². The summed E-state index contributed by atoms with van der Waals surface area (Å²) in [6, 6.07) is -2.24. The van der Waals surface area contributed by atoms with E-state index < -0.39 is 29.9 Å². The number of hydrogen-bond donors (Lipinski definition) is 1. The van der Waals surface area contributed by atoms with Crippen molar-refractivity contribution in [3.8, 4) is 0 Å². The number of carbonyl (C=O) groups is 4. The SMILES string of the molecule is CC(C(=O)O)N1C(=O)C(=O)N(C)C1=O. The maximum atomic E-state index is 11.2. The van der Waals surface area contributed by atoms with Gasteiger partial charge in [0.25, 0.3) is 0 Å². The molecule has 76 valence electrons. The molecule has 1 fully saturated rings. The van der Waals surface area contributed by atoms with Crippen molar-refractivity contribution in [2.24, 2.45) is 0 Å². The number of carboxylic acids is 1. The summed E-state index contributed by atoms with van der Waals surface area (Å²) in [5.74, 6) is -3.45. The number of carboxylic acid groups (broad SMARTS) is 1. The van der Waals surface area contributed by atoms with Gasteiger partial charge in [-0.2, -0.15) is 0 Å². The predicted octanol–water partition coefficient (Wildman–Crippen LogP) is -1.12. The van der Waals surface area contributed by atoms with E-state index in [1.807, 2.05) is 0 Å². The van der Waals surface area contributed by atoms with Crippen molar-refractivity contribution in [3.63, 3.8) is 0 Å². The van der Waals surface area contributed by atoms with E-state index in [0.717, 1.165) is 14.0 Å². The fourth-order valence-electron chi connectivity index (χ4n) is 1.03. The lowest BCUT2D eigenvalue weighted by Crippen LogP contribution is -2.43. The van der Waals surface area contributed by atoms with Gasteiger partial charge in [-0.05, 0) is 6.92 Å². The third kappa shape index (κ3) is 1.22. The van der Waals surface area contributed by atoms with Gasteiger partial charge in [-0.25, -0.2) is 14.5 Å². The van der Waals surface area contributed by atoms with E-state index >= 15 is 0 Å². The highest BCUT2D eigenvalue weighted by molar-refractivity contribution is 6.45. The van der Waals surface area contributed by atoms with Gasteiger partial charge in [0.05, 0.1) is 0 Å². The molecule has 0 aliphatic carbocycles.